The van der Waals surface area contributed by atoms with Gasteiger partial charge in [0, 0.05) is 23.9 Å². The van der Waals surface area contributed by atoms with E-state index in [1.54, 1.807) is 17.0 Å². The maximum Gasteiger partial charge on any atom is 0.234 e. The predicted octanol–water partition coefficient (Wildman–Crippen LogP) is 4.93. The second-order valence-electron chi connectivity index (χ2n) is 8.76. The van der Waals surface area contributed by atoms with Crippen molar-refractivity contribution in [1.29, 1.82) is 5.26 Å². The third-order valence-corrected chi connectivity index (χ3v) is 8.61. The first-order valence-corrected chi connectivity index (χ1v) is 13.9. The molecule has 1 unspecified atom stereocenters. The molecule has 0 radical (unpaired) electrons. The lowest BCUT2D eigenvalue weighted by molar-refractivity contribution is -0.116. The fourth-order valence-electron chi connectivity index (χ4n) is 4.54. The number of pyridine rings is 1. The molecule has 0 saturated heterocycles. The highest BCUT2D eigenvalue weighted by atomic mass is 35.5. The van der Waals surface area contributed by atoms with Crippen molar-refractivity contribution >= 4 is 57.2 Å². The number of rotatable bonds is 6. The number of thioether (sulfide) groups is 1. The van der Waals surface area contributed by atoms with E-state index < -0.39 is 5.92 Å². The van der Waals surface area contributed by atoms with Crippen molar-refractivity contribution in [3.8, 4) is 6.07 Å². The summed E-state index contributed by atoms with van der Waals surface area (Å²) >= 11 is 8.46. The first-order valence-electron chi connectivity index (χ1n) is 11.8. The number of nitrogens with one attached hydrogen (secondary N) is 1. The van der Waals surface area contributed by atoms with Crippen LogP contribution < -0.4 is 16.0 Å². The second kappa shape index (κ2) is 10.9. The standard InChI is InChI=1S/C26H22ClN7O2S2/c1-14-7-9-15(10-8-14)21-16(12-28)24(29)34(18-5-2-6-19(35)22(18)21)25-32-33-26(38-25)37-13-20(36)31-17-4-3-11-30-23(17)27/h3-4,7-11,21H,2,5-6,13,29H2,1H3,(H,31,36). The number of nitrogens with two attached hydrogens (primary N) is 1. The largest absolute Gasteiger partial charge is 0.384 e. The molecule has 1 aliphatic heterocycles. The molecular formula is C26H22ClN7O2S2. The number of hydrogen-bond donors (Lipinski definition) is 2. The van der Waals surface area contributed by atoms with Gasteiger partial charge in [0.1, 0.15) is 5.82 Å². The van der Waals surface area contributed by atoms with Crippen molar-refractivity contribution < 1.29 is 9.59 Å². The highest BCUT2D eigenvalue weighted by molar-refractivity contribution is 8.01. The molecule has 0 saturated carbocycles. The minimum absolute atomic E-state index is 0.00641. The van der Waals surface area contributed by atoms with Gasteiger partial charge in [-0.15, -0.1) is 10.2 Å². The van der Waals surface area contributed by atoms with Crippen molar-refractivity contribution in [2.45, 2.75) is 36.4 Å². The molecule has 0 bridgehead atoms. The number of carbonyl (C=O) groups is 2. The Hall–Kier alpha value is -3.72. The zero-order valence-corrected chi connectivity index (χ0v) is 22.7. The van der Waals surface area contributed by atoms with Gasteiger partial charge in [-0.3, -0.25) is 14.5 Å². The number of nitrogens with zero attached hydrogens (tertiary/aromatic N) is 5. The molecular weight excluding hydrogens is 542 g/mol. The van der Waals surface area contributed by atoms with E-state index in [2.05, 4.69) is 26.6 Å². The Morgan fingerprint density at radius 2 is 2.08 bits per heavy atom. The molecule has 0 fully saturated rings. The van der Waals surface area contributed by atoms with Crippen LogP contribution in [0.4, 0.5) is 10.8 Å². The van der Waals surface area contributed by atoms with Gasteiger partial charge in [0.25, 0.3) is 0 Å². The summed E-state index contributed by atoms with van der Waals surface area (Å²) in [6.45, 7) is 1.99. The van der Waals surface area contributed by atoms with Crippen molar-refractivity contribution in [2.75, 3.05) is 16.0 Å². The molecule has 3 heterocycles. The molecule has 3 aromatic rings. The van der Waals surface area contributed by atoms with Gasteiger partial charge in [0.2, 0.25) is 11.0 Å². The van der Waals surface area contributed by atoms with Gasteiger partial charge in [-0.2, -0.15) is 5.26 Å². The molecule has 5 rings (SSSR count). The zero-order chi connectivity index (χ0) is 26.8. The van der Waals surface area contributed by atoms with Gasteiger partial charge in [0.15, 0.2) is 15.3 Å². The monoisotopic (exact) mass is 563 g/mol. The molecule has 3 N–H and O–H groups in total. The minimum Gasteiger partial charge on any atom is -0.384 e. The first kappa shape index (κ1) is 25.9. The third kappa shape index (κ3) is 5.03. The molecule has 1 atom stereocenters. The number of benzene rings is 1. The second-order valence-corrected chi connectivity index (χ2v) is 11.3. The summed E-state index contributed by atoms with van der Waals surface area (Å²) in [5, 5.41) is 22.0. The molecule has 12 heteroatoms. The van der Waals surface area contributed by atoms with E-state index in [1.807, 2.05) is 31.2 Å². The fourth-order valence-corrected chi connectivity index (χ4v) is 6.39. The first-order chi connectivity index (χ1) is 18.4. The average Bonchev–Trinajstić information content (AvgIpc) is 3.37. The molecule has 2 aliphatic rings. The van der Waals surface area contributed by atoms with Crippen LogP contribution in [0.25, 0.3) is 0 Å². The zero-order valence-electron chi connectivity index (χ0n) is 20.3. The van der Waals surface area contributed by atoms with Gasteiger partial charge in [-0.1, -0.05) is 64.5 Å². The van der Waals surface area contributed by atoms with Gasteiger partial charge in [0.05, 0.1) is 29.0 Å². The number of hydrogen-bond acceptors (Lipinski definition) is 10. The molecule has 0 spiro atoms. The van der Waals surface area contributed by atoms with Gasteiger partial charge in [-0.05, 0) is 37.5 Å². The topological polar surface area (TPSA) is 138 Å². The number of aromatic nitrogens is 3. The molecule has 2 aromatic heterocycles. The van der Waals surface area contributed by atoms with Crippen LogP contribution in [0.15, 0.2) is 69.6 Å². The molecule has 1 aliphatic carbocycles. The van der Waals surface area contributed by atoms with Crippen LogP contribution in [0, 0.1) is 18.3 Å². The highest BCUT2D eigenvalue weighted by Crippen LogP contribution is 2.47. The Balaban J connectivity index is 1.42. The highest BCUT2D eigenvalue weighted by Gasteiger charge is 2.41. The number of halogens is 1. The number of allylic oxidation sites excluding steroid dienone is 3. The Morgan fingerprint density at radius 3 is 2.82 bits per heavy atom. The lowest BCUT2D eigenvalue weighted by Gasteiger charge is -2.38. The summed E-state index contributed by atoms with van der Waals surface area (Å²) in [7, 11) is 0. The smallest absolute Gasteiger partial charge is 0.234 e. The van der Waals surface area contributed by atoms with Crippen LogP contribution >= 0.6 is 34.7 Å². The number of anilines is 2. The number of ketones is 1. The SMILES string of the molecule is Cc1ccc(C2C(C#N)=C(N)N(c3nnc(SCC(=O)Nc4cccnc4Cl)s3)C3=C2C(=O)CCC3)cc1. The van der Waals surface area contributed by atoms with Crippen molar-refractivity contribution in [3.63, 3.8) is 0 Å². The normalized spacial score (nSPS) is 17.3. The lowest BCUT2D eigenvalue weighted by Crippen LogP contribution is -2.38. The van der Waals surface area contributed by atoms with Crippen LogP contribution in [0.3, 0.4) is 0 Å². The summed E-state index contributed by atoms with van der Waals surface area (Å²) in [5.74, 6) is -0.467. The van der Waals surface area contributed by atoms with E-state index in [-0.39, 0.29) is 28.4 Å². The number of nitriles is 1. The molecule has 38 heavy (non-hydrogen) atoms. The van der Waals surface area contributed by atoms with E-state index in [0.29, 0.717) is 45.6 Å². The Bertz CT molecular complexity index is 1520. The van der Waals surface area contributed by atoms with Crippen LogP contribution in [0.5, 0.6) is 0 Å². The van der Waals surface area contributed by atoms with E-state index >= 15 is 0 Å². The van der Waals surface area contributed by atoms with Crippen molar-refractivity contribution in [1.82, 2.24) is 15.2 Å². The molecule has 1 amide bonds. The van der Waals surface area contributed by atoms with E-state index in [4.69, 9.17) is 17.3 Å². The number of aryl methyl sites for hydroxylation is 1. The summed E-state index contributed by atoms with van der Waals surface area (Å²) in [4.78, 5) is 31.3. The average molecular weight is 564 g/mol. The fraction of sp³-hybridized carbons (Fsp3) is 0.231. The maximum atomic E-state index is 13.2. The van der Waals surface area contributed by atoms with Gasteiger partial charge >= 0.3 is 0 Å². The third-order valence-electron chi connectivity index (χ3n) is 6.27. The van der Waals surface area contributed by atoms with Crippen LogP contribution in [-0.2, 0) is 9.59 Å². The summed E-state index contributed by atoms with van der Waals surface area (Å²) in [6, 6.07) is 13.4. The quantitative estimate of drug-likeness (QED) is 0.315. The Morgan fingerprint density at radius 1 is 1.29 bits per heavy atom. The van der Waals surface area contributed by atoms with Gasteiger partial charge in [-0.25, -0.2) is 4.98 Å². The molecule has 1 aromatic carbocycles. The number of carbonyl (C=O) groups excluding carboxylic acids is 2. The van der Waals surface area contributed by atoms with Gasteiger partial charge < -0.3 is 11.1 Å². The van der Waals surface area contributed by atoms with Crippen molar-refractivity contribution in [3.05, 3.63) is 81.5 Å². The minimum atomic E-state index is -0.524. The van der Waals surface area contributed by atoms with Crippen LogP contribution in [0.1, 0.15) is 36.3 Å². The summed E-state index contributed by atoms with van der Waals surface area (Å²) in [6.07, 6.45) is 3.26. The summed E-state index contributed by atoms with van der Waals surface area (Å²) in [5.41, 5.74) is 10.6. The Kier molecular flexibility index (Phi) is 7.46. The van der Waals surface area contributed by atoms with E-state index in [9.17, 15) is 14.9 Å². The molecule has 192 valence electrons. The summed E-state index contributed by atoms with van der Waals surface area (Å²) < 4.78 is 0.545. The van der Waals surface area contributed by atoms with Crippen LogP contribution in [-0.4, -0.2) is 32.6 Å². The number of Topliss-reactive ketones (excluding diaryl/α,β-unsaturated/α-hetero) is 1. The van der Waals surface area contributed by atoms with Crippen molar-refractivity contribution in [2.24, 2.45) is 5.73 Å². The predicted molar refractivity (Wildman–Crippen MR) is 148 cm³/mol. The maximum absolute atomic E-state index is 13.2. The van der Waals surface area contributed by atoms with Crippen LogP contribution in [0.2, 0.25) is 5.15 Å². The van der Waals surface area contributed by atoms with E-state index in [1.165, 1.54) is 29.3 Å². The lowest BCUT2D eigenvalue weighted by atomic mass is 9.75. The molecule has 9 nitrogen and oxygen atoms in total. The Labute approximate surface area is 232 Å². The number of amides is 1. The van der Waals surface area contributed by atoms with E-state index in [0.717, 1.165) is 16.8 Å².